The van der Waals surface area contributed by atoms with Crippen LogP contribution in [0.1, 0.15) is 49.7 Å². The van der Waals surface area contributed by atoms with Crippen LogP contribution in [0.3, 0.4) is 0 Å². The van der Waals surface area contributed by atoms with Gasteiger partial charge in [0, 0.05) is 19.0 Å². The summed E-state index contributed by atoms with van der Waals surface area (Å²) in [7, 11) is 0. The molecule has 5 rings (SSSR count). The number of carbonyl (C=O) groups excluding carboxylic acids is 2. The first-order valence-electron chi connectivity index (χ1n) is 12.0. The van der Waals surface area contributed by atoms with Gasteiger partial charge >= 0.3 is 12.1 Å². The molecule has 2 amide bonds. The highest BCUT2D eigenvalue weighted by atomic mass is 16.5. The molecule has 7 heteroatoms. The Kier molecular flexibility index (Phi) is 5.80. The maximum atomic E-state index is 13.2. The van der Waals surface area contributed by atoms with Gasteiger partial charge in [0.05, 0.1) is 5.41 Å². The lowest BCUT2D eigenvalue weighted by Crippen LogP contribution is -2.53. The molecule has 0 spiro atoms. The summed E-state index contributed by atoms with van der Waals surface area (Å²) in [5.74, 6) is -0.886. The number of ether oxygens (including phenoxy) is 1. The molecule has 3 aliphatic rings. The summed E-state index contributed by atoms with van der Waals surface area (Å²) < 4.78 is 5.65. The molecule has 1 atom stereocenters. The molecular formula is C27H30N2O5. The van der Waals surface area contributed by atoms with Crippen molar-refractivity contribution in [2.45, 2.75) is 44.6 Å². The molecule has 2 fully saturated rings. The normalized spacial score (nSPS) is 19.6. The first-order valence-corrected chi connectivity index (χ1v) is 12.0. The number of likely N-dealkylation sites (tertiary alicyclic amines) is 1. The van der Waals surface area contributed by atoms with Crippen LogP contribution >= 0.6 is 0 Å². The van der Waals surface area contributed by atoms with E-state index in [-0.39, 0.29) is 24.3 Å². The maximum absolute atomic E-state index is 13.2. The number of carboxylic acid groups (broad SMARTS) is 1. The van der Waals surface area contributed by atoms with E-state index in [4.69, 9.17) is 4.74 Å². The van der Waals surface area contributed by atoms with Crippen molar-refractivity contribution in [2.75, 3.05) is 19.7 Å². The predicted octanol–water partition coefficient (Wildman–Crippen LogP) is 4.02. The summed E-state index contributed by atoms with van der Waals surface area (Å²) in [6.45, 7) is 2.70. The zero-order chi connectivity index (χ0) is 23.9. The minimum absolute atomic E-state index is 0.0379. The molecule has 1 unspecified atom stereocenters. The van der Waals surface area contributed by atoms with Crippen molar-refractivity contribution >= 4 is 18.0 Å². The Morgan fingerprint density at radius 2 is 1.59 bits per heavy atom. The molecule has 0 bridgehead atoms. The molecule has 2 N–H and O–H groups in total. The number of hydrogen-bond acceptors (Lipinski definition) is 4. The van der Waals surface area contributed by atoms with Gasteiger partial charge in [-0.05, 0) is 60.8 Å². The fraction of sp³-hybridized carbons (Fsp3) is 0.444. The summed E-state index contributed by atoms with van der Waals surface area (Å²) in [5.41, 5.74) is 3.81. The molecule has 2 aromatic carbocycles. The number of piperidine rings is 1. The molecule has 7 nitrogen and oxygen atoms in total. The quantitative estimate of drug-likeness (QED) is 0.676. The van der Waals surface area contributed by atoms with Gasteiger partial charge in [0.15, 0.2) is 0 Å². The Morgan fingerprint density at radius 1 is 1.03 bits per heavy atom. The van der Waals surface area contributed by atoms with Gasteiger partial charge in [-0.25, -0.2) is 4.79 Å². The molecule has 1 saturated heterocycles. The number of fused-ring (bicyclic) bond motifs is 3. The van der Waals surface area contributed by atoms with Crippen molar-refractivity contribution in [3.05, 3.63) is 59.7 Å². The minimum Gasteiger partial charge on any atom is -0.481 e. The Hall–Kier alpha value is -3.35. The number of carbonyl (C=O) groups is 3. The summed E-state index contributed by atoms with van der Waals surface area (Å²) in [6.07, 6.45) is 2.02. The number of aliphatic carboxylic acids is 1. The summed E-state index contributed by atoms with van der Waals surface area (Å²) >= 11 is 0. The Labute approximate surface area is 199 Å². The van der Waals surface area contributed by atoms with E-state index >= 15 is 0 Å². The minimum atomic E-state index is -0.824. The lowest BCUT2D eigenvalue weighted by molar-refractivity contribution is -0.153. The second kappa shape index (κ2) is 8.78. The van der Waals surface area contributed by atoms with Crippen LogP contribution in [0.2, 0.25) is 0 Å². The predicted molar refractivity (Wildman–Crippen MR) is 126 cm³/mol. The van der Waals surface area contributed by atoms with Crippen molar-refractivity contribution in [1.82, 2.24) is 10.2 Å². The molecule has 34 heavy (non-hydrogen) atoms. The van der Waals surface area contributed by atoms with E-state index in [1.54, 1.807) is 11.8 Å². The lowest BCUT2D eigenvalue weighted by atomic mass is 9.80. The van der Waals surface area contributed by atoms with Crippen LogP contribution in [0.15, 0.2) is 48.5 Å². The molecule has 0 radical (unpaired) electrons. The average molecular weight is 463 g/mol. The van der Waals surface area contributed by atoms with Crippen molar-refractivity contribution < 1.29 is 24.2 Å². The molecular weight excluding hydrogens is 432 g/mol. The number of hydrogen-bond donors (Lipinski definition) is 2. The van der Waals surface area contributed by atoms with Crippen LogP contribution in [-0.2, 0) is 14.3 Å². The number of amides is 2. The number of benzene rings is 2. The maximum Gasteiger partial charge on any atom is 0.407 e. The van der Waals surface area contributed by atoms with E-state index in [9.17, 15) is 19.5 Å². The van der Waals surface area contributed by atoms with Gasteiger partial charge < -0.3 is 20.1 Å². The molecule has 0 aromatic heterocycles. The van der Waals surface area contributed by atoms with Gasteiger partial charge in [-0.15, -0.1) is 0 Å². The lowest BCUT2D eigenvalue weighted by Gasteiger charge is -2.38. The number of nitrogens with zero attached hydrogens (tertiary/aromatic N) is 1. The molecule has 2 aliphatic carbocycles. The van der Waals surface area contributed by atoms with E-state index in [1.165, 1.54) is 0 Å². The van der Waals surface area contributed by atoms with E-state index in [1.807, 2.05) is 24.3 Å². The van der Waals surface area contributed by atoms with Crippen molar-refractivity contribution in [2.24, 2.45) is 11.3 Å². The third-order valence-corrected chi connectivity index (χ3v) is 7.67. The molecule has 2 aromatic rings. The highest BCUT2D eigenvalue weighted by Gasteiger charge is 2.43. The molecule has 1 heterocycles. The van der Waals surface area contributed by atoms with Crippen LogP contribution < -0.4 is 5.32 Å². The van der Waals surface area contributed by atoms with Crippen molar-refractivity contribution in [3.63, 3.8) is 0 Å². The zero-order valence-electron chi connectivity index (χ0n) is 19.3. The summed E-state index contributed by atoms with van der Waals surface area (Å²) in [4.78, 5) is 39.2. The zero-order valence-corrected chi connectivity index (χ0v) is 19.3. The fourth-order valence-electron chi connectivity index (χ4n) is 5.21. The van der Waals surface area contributed by atoms with E-state index in [0.29, 0.717) is 25.9 Å². The molecule has 1 aliphatic heterocycles. The fourth-order valence-corrected chi connectivity index (χ4v) is 5.21. The Balaban J connectivity index is 1.22. The second-order valence-corrected chi connectivity index (χ2v) is 9.98. The van der Waals surface area contributed by atoms with Gasteiger partial charge in [0.1, 0.15) is 12.6 Å². The van der Waals surface area contributed by atoms with E-state index in [2.05, 4.69) is 29.6 Å². The monoisotopic (exact) mass is 462 g/mol. The van der Waals surface area contributed by atoms with Crippen LogP contribution in [-0.4, -0.2) is 53.7 Å². The van der Waals surface area contributed by atoms with Crippen molar-refractivity contribution in [3.8, 4) is 11.1 Å². The van der Waals surface area contributed by atoms with Gasteiger partial charge in [-0.1, -0.05) is 48.5 Å². The Morgan fingerprint density at radius 3 is 2.12 bits per heavy atom. The number of nitrogens with one attached hydrogen (secondary N) is 1. The van der Waals surface area contributed by atoms with Crippen LogP contribution in [0.5, 0.6) is 0 Å². The molecule has 178 valence electrons. The summed E-state index contributed by atoms with van der Waals surface area (Å²) in [5, 5.41) is 12.3. The highest BCUT2D eigenvalue weighted by Crippen LogP contribution is 2.44. The van der Waals surface area contributed by atoms with Gasteiger partial charge in [0.25, 0.3) is 0 Å². The average Bonchev–Trinajstić information content (AvgIpc) is 3.64. The third-order valence-electron chi connectivity index (χ3n) is 7.67. The van der Waals surface area contributed by atoms with E-state index < -0.39 is 23.5 Å². The SMILES string of the molecule is CC1(C(=O)O)CCN(C(=O)C(NC(=O)OCC2c3ccccc3-c3ccccc32)C2CC2)CC1. The van der Waals surface area contributed by atoms with Crippen LogP contribution in [0.4, 0.5) is 4.79 Å². The van der Waals surface area contributed by atoms with Crippen LogP contribution in [0, 0.1) is 11.3 Å². The van der Waals surface area contributed by atoms with Gasteiger partial charge in [0.2, 0.25) is 5.91 Å². The highest BCUT2D eigenvalue weighted by molar-refractivity contribution is 5.87. The van der Waals surface area contributed by atoms with Crippen LogP contribution in [0.25, 0.3) is 11.1 Å². The number of alkyl carbamates (subject to hydrolysis) is 1. The van der Waals surface area contributed by atoms with Crippen molar-refractivity contribution in [1.29, 1.82) is 0 Å². The second-order valence-electron chi connectivity index (χ2n) is 9.98. The first kappa shape index (κ1) is 22.4. The topological polar surface area (TPSA) is 95.9 Å². The third kappa shape index (κ3) is 4.15. The first-order chi connectivity index (χ1) is 16.4. The Bertz CT molecular complexity index is 1070. The molecule has 1 saturated carbocycles. The van der Waals surface area contributed by atoms with Gasteiger partial charge in [-0.2, -0.15) is 0 Å². The van der Waals surface area contributed by atoms with Gasteiger partial charge in [-0.3, -0.25) is 9.59 Å². The summed E-state index contributed by atoms with van der Waals surface area (Å²) in [6, 6.07) is 15.7. The number of rotatable bonds is 6. The standard InChI is InChI=1S/C27H30N2O5/c1-27(25(31)32)12-14-29(15-13-27)24(30)23(17-10-11-17)28-26(33)34-16-22-20-8-4-2-6-18(20)19-7-3-5-9-21(19)22/h2-9,17,22-23H,10-16H2,1H3,(H,28,33)(H,31,32). The number of carboxylic acids is 1. The largest absolute Gasteiger partial charge is 0.481 e. The van der Waals surface area contributed by atoms with E-state index in [0.717, 1.165) is 35.1 Å². The smallest absolute Gasteiger partial charge is 0.407 e.